The van der Waals surface area contributed by atoms with E-state index in [4.69, 9.17) is 9.47 Å². The zero-order valence-electron chi connectivity index (χ0n) is 9.17. The summed E-state index contributed by atoms with van der Waals surface area (Å²) in [7, 11) is 0. The van der Waals surface area contributed by atoms with E-state index in [0.717, 1.165) is 6.42 Å². The zero-order valence-corrected chi connectivity index (χ0v) is 9.17. The molecule has 0 aliphatic rings. The molecule has 0 fully saturated rings. The molecule has 0 bridgehead atoms. The topological polar surface area (TPSA) is 47.6 Å². The lowest BCUT2D eigenvalue weighted by molar-refractivity contribution is -0.121. The molecule has 1 amide bonds. The van der Waals surface area contributed by atoms with E-state index in [2.05, 4.69) is 5.32 Å². The van der Waals surface area contributed by atoms with Crippen LogP contribution in [0.3, 0.4) is 0 Å². The molecule has 0 aliphatic heterocycles. The van der Waals surface area contributed by atoms with Crippen molar-refractivity contribution in [3.05, 3.63) is 0 Å². The van der Waals surface area contributed by atoms with Gasteiger partial charge in [-0.3, -0.25) is 4.79 Å². The molecular weight excluding hydrogens is 182 g/mol. The Morgan fingerprint density at radius 3 is 2.43 bits per heavy atom. The first-order chi connectivity index (χ1) is 6.81. The Labute approximate surface area is 86.0 Å². The zero-order chi connectivity index (χ0) is 10.6. The van der Waals surface area contributed by atoms with Gasteiger partial charge in [0.25, 0.3) is 0 Å². The maximum absolute atomic E-state index is 11.1. The van der Waals surface area contributed by atoms with Crippen LogP contribution in [0.5, 0.6) is 0 Å². The molecule has 0 aromatic rings. The van der Waals surface area contributed by atoms with Gasteiger partial charge in [-0.15, -0.1) is 0 Å². The molecule has 0 aliphatic carbocycles. The Balaban J connectivity index is 3.11. The van der Waals surface area contributed by atoms with Gasteiger partial charge in [0.2, 0.25) is 5.91 Å². The third-order valence-corrected chi connectivity index (χ3v) is 1.67. The number of hydrogen-bond donors (Lipinski definition) is 1. The fourth-order valence-corrected chi connectivity index (χ4v) is 0.974. The van der Waals surface area contributed by atoms with Gasteiger partial charge < -0.3 is 14.8 Å². The summed E-state index contributed by atoms with van der Waals surface area (Å²) < 4.78 is 10.2. The number of carbonyl (C=O) groups is 1. The summed E-state index contributed by atoms with van der Waals surface area (Å²) >= 11 is 0. The van der Waals surface area contributed by atoms with Crippen LogP contribution in [-0.2, 0) is 14.3 Å². The average molecular weight is 203 g/mol. The minimum absolute atomic E-state index is 0.0735. The standard InChI is InChI=1S/C10H21NO3/c1-3-13-8-5-6-10(12)11-7-9-14-4-2/h3-9H2,1-2H3,(H,11,12). The van der Waals surface area contributed by atoms with Crippen LogP contribution in [0.25, 0.3) is 0 Å². The maximum atomic E-state index is 11.1. The van der Waals surface area contributed by atoms with Gasteiger partial charge in [0.05, 0.1) is 6.61 Å². The van der Waals surface area contributed by atoms with E-state index in [1.54, 1.807) is 0 Å². The first-order valence-electron chi connectivity index (χ1n) is 5.23. The molecule has 0 heterocycles. The first-order valence-corrected chi connectivity index (χ1v) is 5.23. The summed E-state index contributed by atoms with van der Waals surface area (Å²) in [5, 5.41) is 2.77. The predicted octanol–water partition coefficient (Wildman–Crippen LogP) is 0.956. The van der Waals surface area contributed by atoms with Crippen LogP contribution in [0.4, 0.5) is 0 Å². The summed E-state index contributed by atoms with van der Waals surface area (Å²) in [4.78, 5) is 11.1. The molecule has 4 heteroatoms. The van der Waals surface area contributed by atoms with Crippen molar-refractivity contribution in [3.8, 4) is 0 Å². The Morgan fingerprint density at radius 2 is 1.79 bits per heavy atom. The number of ether oxygens (including phenoxy) is 2. The molecule has 0 unspecified atom stereocenters. The highest BCUT2D eigenvalue weighted by molar-refractivity contribution is 5.75. The third-order valence-electron chi connectivity index (χ3n) is 1.67. The summed E-state index contributed by atoms with van der Waals surface area (Å²) in [6.45, 7) is 7.14. The largest absolute Gasteiger partial charge is 0.382 e. The summed E-state index contributed by atoms with van der Waals surface area (Å²) in [5.41, 5.74) is 0. The van der Waals surface area contributed by atoms with Crippen molar-refractivity contribution in [2.75, 3.05) is 33.0 Å². The number of rotatable bonds is 9. The van der Waals surface area contributed by atoms with Crippen LogP contribution in [0.15, 0.2) is 0 Å². The van der Waals surface area contributed by atoms with Gasteiger partial charge in [-0.25, -0.2) is 0 Å². The molecule has 0 aromatic heterocycles. The van der Waals surface area contributed by atoms with Gasteiger partial charge in [0, 0.05) is 32.8 Å². The van der Waals surface area contributed by atoms with Gasteiger partial charge in [-0.2, -0.15) is 0 Å². The lowest BCUT2D eigenvalue weighted by Gasteiger charge is -2.05. The molecule has 0 atom stereocenters. The second-order valence-electron chi connectivity index (χ2n) is 2.85. The van der Waals surface area contributed by atoms with Gasteiger partial charge in [-0.05, 0) is 20.3 Å². The first kappa shape index (κ1) is 13.4. The highest BCUT2D eigenvalue weighted by Crippen LogP contribution is 1.89. The van der Waals surface area contributed by atoms with Crippen molar-refractivity contribution < 1.29 is 14.3 Å². The van der Waals surface area contributed by atoms with E-state index < -0.39 is 0 Å². The Hall–Kier alpha value is -0.610. The minimum atomic E-state index is 0.0735. The fourth-order valence-electron chi connectivity index (χ4n) is 0.974. The lowest BCUT2D eigenvalue weighted by Crippen LogP contribution is -2.27. The van der Waals surface area contributed by atoms with Crippen LogP contribution >= 0.6 is 0 Å². The maximum Gasteiger partial charge on any atom is 0.220 e. The number of nitrogens with one attached hydrogen (secondary N) is 1. The van der Waals surface area contributed by atoms with Gasteiger partial charge >= 0.3 is 0 Å². The highest BCUT2D eigenvalue weighted by atomic mass is 16.5. The lowest BCUT2D eigenvalue weighted by atomic mass is 10.3. The molecule has 0 saturated heterocycles. The molecular formula is C10H21NO3. The van der Waals surface area contributed by atoms with Crippen molar-refractivity contribution in [3.63, 3.8) is 0 Å². The summed E-state index contributed by atoms with van der Waals surface area (Å²) in [6, 6.07) is 0. The van der Waals surface area contributed by atoms with Crippen molar-refractivity contribution in [1.82, 2.24) is 5.32 Å². The molecule has 84 valence electrons. The molecule has 0 aromatic carbocycles. The van der Waals surface area contributed by atoms with Gasteiger partial charge in [0.1, 0.15) is 0 Å². The van der Waals surface area contributed by atoms with Crippen LogP contribution in [0.1, 0.15) is 26.7 Å². The SMILES string of the molecule is CCOCCCC(=O)NCCOCC. The van der Waals surface area contributed by atoms with E-state index in [9.17, 15) is 4.79 Å². The molecule has 14 heavy (non-hydrogen) atoms. The van der Waals surface area contributed by atoms with E-state index in [1.165, 1.54) is 0 Å². The van der Waals surface area contributed by atoms with Crippen LogP contribution < -0.4 is 5.32 Å². The Kier molecular flexibility index (Phi) is 10.0. The number of amides is 1. The molecule has 0 radical (unpaired) electrons. The average Bonchev–Trinajstić information content (AvgIpc) is 2.19. The summed E-state index contributed by atoms with van der Waals surface area (Å²) in [5.74, 6) is 0.0735. The molecule has 0 spiro atoms. The molecule has 4 nitrogen and oxygen atoms in total. The van der Waals surface area contributed by atoms with Crippen LogP contribution in [0, 0.1) is 0 Å². The fraction of sp³-hybridized carbons (Fsp3) is 0.900. The quantitative estimate of drug-likeness (QED) is 0.568. The van der Waals surface area contributed by atoms with E-state index in [-0.39, 0.29) is 5.91 Å². The van der Waals surface area contributed by atoms with Gasteiger partial charge in [-0.1, -0.05) is 0 Å². The molecule has 0 saturated carbocycles. The minimum Gasteiger partial charge on any atom is -0.382 e. The predicted molar refractivity (Wildman–Crippen MR) is 55.2 cm³/mol. The van der Waals surface area contributed by atoms with Crippen molar-refractivity contribution in [2.24, 2.45) is 0 Å². The second kappa shape index (κ2) is 10.5. The van der Waals surface area contributed by atoms with Gasteiger partial charge in [0.15, 0.2) is 0 Å². The Morgan fingerprint density at radius 1 is 1.14 bits per heavy atom. The Bertz CT molecular complexity index is 125. The number of hydrogen-bond acceptors (Lipinski definition) is 3. The van der Waals surface area contributed by atoms with E-state index in [1.807, 2.05) is 13.8 Å². The van der Waals surface area contributed by atoms with E-state index >= 15 is 0 Å². The smallest absolute Gasteiger partial charge is 0.220 e. The molecule has 0 rings (SSSR count). The normalized spacial score (nSPS) is 10.1. The monoisotopic (exact) mass is 203 g/mol. The number of carbonyl (C=O) groups excluding carboxylic acids is 1. The van der Waals surface area contributed by atoms with Crippen LogP contribution in [-0.4, -0.2) is 38.9 Å². The second-order valence-corrected chi connectivity index (χ2v) is 2.85. The van der Waals surface area contributed by atoms with Crippen molar-refractivity contribution in [2.45, 2.75) is 26.7 Å². The molecule has 1 N–H and O–H groups in total. The van der Waals surface area contributed by atoms with Crippen LogP contribution in [0.2, 0.25) is 0 Å². The van der Waals surface area contributed by atoms with Crippen molar-refractivity contribution in [1.29, 1.82) is 0 Å². The third kappa shape index (κ3) is 9.48. The highest BCUT2D eigenvalue weighted by Gasteiger charge is 1.99. The van der Waals surface area contributed by atoms with E-state index in [0.29, 0.717) is 39.4 Å². The van der Waals surface area contributed by atoms with Crippen molar-refractivity contribution >= 4 is 5.91 Å². The summed E-state index contributed by atoms with van der Waals surface area (Å²) in [6.07, 6.45) is 1.32.